The number of rotatable bonds is 7. The molecule has 0 aromatic heterocycles. The molecule has 0 aromatic carbocycles. The Kier molecular flexibility index (Phi) is 5.94. The number of ether oxygens (including phenoxy) is 2. The van der Waals surface area contributed by atoms with Gasteiger partial charge < -0.3 is 20.5 Å². The molecule has 0 spiro atoms. The first-order valence-electron chi connectivity index (χ1n) is 6.74. The summed E-state index contributed by atoms with van der Waals surface area (Å²) < 4.78 is 10.2. The first-order chi connectivity index (χ1) is 9.35. The summed E-state index contributed by atoms with van der Waals surface area (Å²) >= 11 is 0. The Hall–Kier alpha value is -1.63. The van der Waals surface area contributed by atoms with Crippen molar-refractivity contribution in [2.45, 2.75) is 45.9 Å². The lowest BCUT2D eigenvalue weighted by Crippen LogP contribution is -2.46. The number of primary amides is 1. The van der Waals surface area contributed by atoms with E-state index in [1.807, 2.05) is 13.8 Å². The fraction of sp³-hybridized carbons (Fsp3) is 0.769. The predicted molar refractivity (Wildman–Crippen MR) is 70.2 cm³/mol. The van der Waals surface area contributed by atoms with Gasteiger partial charge in [0.15, 0.2) is 0 Å². The molecule has 1 aliphatic rings. The number of esters is 1. The molecule has 7 heteroatoms. The minimum Gasteiger partial charge on any atom is -0.433 e. The molecule has 0 bridgehead atoms. The third-order valence-corrected chi connectivity index (χ3v) is 3.18. The number of hydrogen-bond donors (Lipinski definition) is 2. The second-order valence-corrected chi connectivity index (χ2v) is 5.15. The zero-order valence-corrected chi connectivity index (χ0v) is 12.0. The molecule has 1 saturated heterocycles. The van der Waals surface area contributed by atoms with Crippen molar-refractivity contribution >= 4 is 17.8 Å². The molecule has 1 aliphatic heterocycles. The van der Waals surface area contributed by atoms with Gasteiger partial charge in [-0.05, 0) is 12.8 Å². The van der Waals surface area contributed by atoms with E-state index in [1.54, 1.807) is 6.92 Å². The van der Waals surface area contributed by atoms with Crippen LogP contribution in [0.4, 0.5) is 0 Å². The van der Waals surface area contributed by atoms with Gasteiger partial charge >= 0.3 is 5.97 Å². The Morgan fingerprint density at radius 2 is 2.15 bits per heavy atom. The fourth-order valence-electron chi connectivity index (χ4n) is 2.11. The zero-order chi connectivity index (χ0) is 15.3. The molecule has 0 aromatic rings. The lowest BCUT2D eigenvalue weighted by molar-refractivity contribution is -0.164. The number of amides is 2. The van der Waals surface area contributed by atoms with Crippen LogP contribution in [0.5, 0.6) is 0 Å². The van der Waals surface area contributed by atoms with E-state index < -0.39 is 30.1 Å². The van der Waals surface area contributed by atoms with Crippen LogP contribution in [0.1, 0.15) is 33.6 Å². The summed E-state index contributed by atoms with van der Waals surface area (Å²) in [6, 6.07) is -0.524. The number of hydrogen-bond acceptors (Lipinski definition) is 5. The molecular formula is C13H22N2O5. The predicted octanol–water partition coefficient (Wildman–Crippen LogP) is -0.0717. The largest absolute Gasteiger partial charge is 0.433 e. The Morgan fingerprint density at radius 1 is 1.50 bits per heavy atom. The summed E-state index contributed by atoms with van der Waals surface area (Å²) in [5, 5.41) is 2.71. The molecule has 0 radical (unpaired) electrons. The summed E-state index contributed by atoms with van der Waals surface area (Å²) in [7, 11) is 0. The molecule has 1 rings (SSSR count). The summed E-state index contributed by atoms with van der Waals surface area (Å²) in [4.78, 5) is 34.5. The first kappa shape index (κ1) is 16.4. The van der Waals surface area contributed by atoms with Gasteiger partial charge in [-0.25, -0.2) is 0 Å². The molecule has 0 aliphatic carbocycles. The van der Waals surface area contributed by atoms with Gasteiger partial charge in [0.05, 0.1) is 6.42 Å². The van der Waals surface area contributed by atoms with Crippen LogP contribution in [0, 0.1) is 11.8 Å². The van der Waals surface area contributed by atoms with Crippen LogP contribution in [0.3, 0.4) is 0 Å². The number of cyclic esters (lactones) is 1. The van der Waals surface area contributed by atoms with E-state index in [2.05, 4.69) is 5.32 Å². The molecule has 114 valence electrons. The summed E-state index contributed by atoms with van der Waals surface area (Å²) in [5.74, 6) is -1.81. The minimum atomic E-state index is -0.766. The second-order valence-electron chi connectivity index (χ2n) is 5.15. The average molecular weight is 286 g/mol. The highest BCUT2D eigenvalue weighted by molar-refractivity contribution is 5.86. The average Bonchev–Trinajstić information content (AvgIpc) is 2.66. The highest BCUT2D eigenvalue weighted by Crippen LogP contribution is 2.20. The lowest BCUT2D eigenvalue weighted by atomic mass is 9.91. The number of carbonyl (C=O) groups excluding carboxylic acids is 3. The molecule has 1 fully saturated rings. The molecule has 0 saturated carbocycles. The maximum absolute atomic E-state index is 12.2. The molecule has 7 nitrogen and oxygen atoms in total. The SMILES string of the molecule is CCOC1OC(=O)CC1NC(=O)C(CC(N)=O)C(C)C. The van der Waals surface area contributed by atoms with Crippen molar-refractivity contribution in [1.82, 2.24) is 5.32 Å². The van der Waals surface area contributed by atoms with Gasteiger partial charge in [-0.2, -0.15) is 0 Å². The summed E-state index contributed by atoms with van der Waals surface area (Å²) in [6.45, 7) is 5.82. The lowest BCUT2D eigenvalue weighted by Gasteiger charge is -2.23. The number of nitrogens with one attached hydrogen (secondary N) is 1. The maximum atomic E-state index is 12.2. The Morgan fingerprint density at radius 3 is 2.65 bits per heavy atom. The molecule has 3 unspecified atom stereocenters. The van der Waals surface area contributed by atoms with Crippen molar-refractivity contribution in [2.24, 2.45) is 17.6 Å². The van der Waals surface area contributed by atoms with Crippen molar-refractivity contribution in [3.05, 3.63) is 0 Å². The van der Waals surface area contributed by atoms with Gasteiger partial charge in [0, 0.05) is 18.9 Å². The quantitative estimate of drug-likeness (QED) is 0.637. The van der Waals surface area contributed by atoms with E-state index >= 15 is 0 Å². The van der Waals surface area contributed by atoms with Crippen LogP contribution >= 0.6 is 0 Å². The maximum Gasteiger partial charge on any atom is 0.310 e. The van der Waals surface area contributed by atoms with Crippen LogP contribution < -0.4 is 11.1 Å². The fourth-order valence-corrected chi connectivity index (χ4v) is 2.11. The van der Waals surface area contributed by atoms with Crippen LogP contribution in [0.15, 0.2) is 0 Å². The van der Waals surface area contributed by atoms with Crippen LogP contribution in [-0.4, -0.2) is 36.7 Å². The summed E-state index contributed by atoms with van der Waals surface area (Å²) in [5.41, 5.74) is 5.15. The Balaban J connectivity index is 2.66. The molecule has 3 atom stereocenters. The standard InChI is InChI=1S/C13H22N2O5/c1-4-19-13-9(6-11(17)20-13)15-12(18)8(7(2)3)5-10(14)16/h7-9,13H,4-6H2,1-3H3,(H2,14,16)(H,15,18). The van der Waals surface area contributed by atoms with Crippen LogP contribution in [0.25, 0.3) is 0 Å². The van der Waals surface area contributed by atoms with Gasteiger partial charge in [0.25, 0.3) is 0 Å². The second kappa shape index (κ2) is 7.23. The van der Waals surface area contributed by atoms with E-state index in [1.165, 1.54) is 0 Å². The van der Waals surface area contributed by atoms with E-state index in [9.17, 15) is 14.4 Å². The Labute approximate surface area is 118 Å². The third kappa shape index (κ3) is 4.48. The monoisotopic (exact) mass is 286 g/mol. The zero-order valence-electron chi connectivity index (χ0n) is 12.0. The first-order valence-corrected chi connectivity index (χ1v) is 6.74. The van der Waals surface area contributed by atoms with Crippen molar-refractivity contribution in [3.8, 4) is 0 Å². The molecular weight excluding hydrogens is 264 g/mol. The number of nitrogens with two attached hydrogens (primary N) is 1. The molecule has 20 heavy (non-hydrogen) atoms. The normalized spacial score (nSPS) is 23.5. The van der Waals surface area contributed by atoms with E-state index in [0.29, 0.717) is 6.61 Å². The third-order valence-electron chi connectivity index (χ3n) is 3.18. The van der Waals surface area contributed by atoms with Gasteiger partial charge in [-0.1, -0.05) is 13.8 Å². The van der Waals surface area contributed by atoms with E-state index in [-0.39, 0.29) is 24.7 Å². The van der Waals surface area contributed by atoms with Crippen molar-refractivity contribution in [2.75, 3.05) is 6.61 Å². The summed E-state index contributed by atoms with van der Waals surface area (Å²) in [6.07, 6.45) is -0.722. The Bertz CT molecular complexity index is 383. The van der Waals surface area contributed by atoms with Crippen molar-refractivity contribution in [1.29, 1.82) is 0 Å². The van der Waals surface area contributed by atoms with Crippen molar-refractivity contribution < 1.29 is 23.9 Å². The number of carbonyl (C=O) groups is 3. The van der Waals surface area contributed by atoms with E-state index in [4.69, 9.17) is 15.2 Å². The van der Waals surface area contributed by atoms with E-state index in [0.717, 1.165) is 0 Å². The van der Waals surface area contributed by atoms with Gasteiger partial charge in [0.1, 0.15) is 6.04 Å². The molecule has 3 N–H and O–H groups in total. The van der Waals surface area contributed by atoms with Crippen LogP contribution in [0.2, 0.25) is 0 Å². The van der Waals surface area contributed by atoms with Gasteiger partial charge in [-0.15, -0.1) is 0 Å². The van der Waals surface area contributed by atoms with Crippen LogP contribution in [-0.2, 0) is 23.9 Å². The minimum absolute atomic E-state index is 0.0235. The van der Waals surface area contributed by atoms with Crippen molar-refractivity contribution in [3.63, 3.8) is 0 Å². The van der Waals surface area contributed by atoms with Gasteiger partial charge in [-0.3, -0.25) is 14.4 Å². The topological polar surface area (TPSA) is 108 Å². The van der Waals surface area contributed by atoms with Gasteiger partial charge in [0.2, 0.25) is 18.1 Å². The highest BCUT2D eigenvalue weighted by Gasteiger charge is 2.38. The molecule has 2 amide bonds. The highest BCUT2D eigenvalue weighted by atomic mass is 16.7. The smallest absolute Gasteiger partial charge is 0.310 e. The molecule has 1 heterocycles.